The van der Waals surface area contributed by atoms with E-state index in [4.69, 9.17) is 4.74 Å². The van der Waals surface area contributed by atoms with Gasteiger partial charge in [-0.05, 0) is 50.0 Å². The SMILES string of the molecule is COc1cccc(Sc2ccc(CN(C)C)cc2)c1. The number of benzene rings is 2. The Kier molecular flexibility index (Phi) is 4.88. The standard InChI is InChI=1S/C16H19NOS/c1-17(2)12-13-7-9-15(10-8-13)19-16-6-4-5-14(11-16)18-3/h4-11H,12H2,1-3H3. The molecule has 0 atom stereocenters. The summed E-state index contributed by atoms with van der Waals surface area (Å²) in [5.74, 6) is 0.897. The summed E-state index contributed by atoms with van der Waals surface area (Å²) in [4.78, 5) is 4.61. The second kappa shape index (κ2) is 6.64. The lowest BCUT2D eigenvalue weighted by Crippen LogP contribution is -2.10. The van der Waals surface area contributed by atoms with E-state index in [1.165, 1.54) is 15.4 Å². The number of nitrogens with zero attached hydrogens (tertiary/aromatic N) is 1. The molecule has 19 heavy (non-hydrogen) atoms. The summed E-state index contributed by atoms with van der Waals surface area (Å²) in [6.07, 6.45) is 0. The summed E-state index contributed by atoms with van der Waals surface area (Å²) in [5.41, 5.74) is 1.33. The maximum atomic E-state index is 5.24. The molecule has 0 saturated heterocycles. The van der Waals surface area contributed by atoms with Crippen molar-refractivity contribution < 1.29 is 4.74 Å². The fourth-order valence-electron chi connectivity index (χ4n) is 1.83. The summed E-state index contributed by atoms with van der Waals surface area (Å²) < 4.78 is 5.24. The highest BCUT2D eigenvalue weighted by atomic mass is 32.2. The van der Waals surface area contributed by atoms with Gasteiger partial charge in [-0.2, -0.15) is 0 Å². The lowest BCUT2D eigenvalue weighted by Gasteiger charge is -2.10. The molecule has 0 radical (unpaired) electrons. The van der Waals surface area contributed by atoms with Crippen LogP contribution in [0.15, 0.2) is 58.3 Å². The van der Waals surface area contributed by atoms with Gasteiger partial charge in [-0.1, -0.05) is 30.0 Å². The maximum Gasteiger partial charge on any atom is 0.119 e. The molecule has 0 aliphatic heterocycles. The first-order valence-corrected chi connectivity index (χ1v) is 7.04. The average Bonchev–Trinajstić information content (AvgIpc) is 2.41. The lowest BCUT2D eigenvalue weighted by atomic mass is 10.2. The van der Waals surface area contributed by atoms with Crippen molar-refractivity contribution in [3.63, 3.8) is 0 Å². The van der Waals surface area contributed by atoms with Gasteiger partial charge in [-0.15, -0.1) is 0 Å². The smallest absolute Gasteiger partial charge is 0.119 e. The molecule has 0 amide bonds. The molecule has 0 heterocycles. The molecular weight excluding hydrogens is 254 g/mol. The zero-order valence-electron chi connectivity index (χ0n) is 11.6. The highest BCUT2D eigenvalue weighted by molar-refractivity contribution is 7.99. The minimum atomic E-state index is 0.897. The second-order valence-corrected chi connectivity index (χ2v) is 5.81. The number of ether oxygens (including phenoxy) is 1. The van der Waals surface area contributed by atoms with Crippen LogP contribution in [0.3, 0.4) is 0 Å². The van der Waals surface area contributed by atoms with Crippen LogP contribution in [-0.4, -0.2) is 26.1 Å². The normalized spacial score (nSPS) is 10.7. The third-order valence-corrected chi connectivity index (χ3v) is 3.70. The van der Waals surface area contributed by atoms with Crippen molar-refractivity contribution in [3.8, 4) is 5.75 Å². The predicted octanol–water partition coefficient (Wildman–Crippen LogP) is 3.91. The van der Waals surface area contributed by atoms with Crippen LogP contribution in [0.25, 0.3) is 0 Å². The molecular formula is C16H19NOS. The third-order valence-electron chi connectivity index (χ3n) is 2.70. The van der Waals surface area contributed by atoms with Crippen molar-refractivity contribution >= 4 is 11.8 Å². The van der Waals surface area contributed by atoms with Gasteiger partial charge in [0.05, 0.1) is 7.11 Å². The Hall–Kier alpha value is -1.45. The molecule has 0 aliphatic rings. The molecule has 0 saturated carbocycles. The van der Waals surface area contributed by atoms with Crippen LogP contribution in [0.5, 0.6) is 5.75 Å². The number of methoxy groups -OCH3 is 1. The summed E-state index contributed by atoms with van der Waals surface area (Å²) in [6.45, 7) is 0.976. The summed E-state index contributed by atoms with van der Waals surface area (Å²) in [5, 5.41) is 0. The first kappa shape index (κ1) is 14.0. The Labute approximate surface area is 119 Å². The van der Waals surface area contributed by atoms with Crippen molar-refractivity contribution in [1.82, 2.24) is 4.90 Å². The fraction of sp³-hybridized carbons (Fsp3) is 0.250. The van der Waals surface area contributed by atoms with Crippen LogP contribution in [0, 0.1) is 0 Å². The minimum absolute atomic E-state index is 0.897. The molecule has 0 unspecified atom stereocenters. The van der Waals surface area contributed by atoms with Crippen molar-refractivity contribution in [2.24, 2.45) is 0 Å². The Bertz CT molecular complexity index is 523. The maximum absolute atomic E-state index is 5.24. The van der Waals surface area contributed by atoms with Gasteiger partial charge >= 0.3 is 0 Å². The molecule has 0 aromatic heterocycles. The molecule has 0 bridgehead atoms. The van der Waals surface area contributed by atoms with Gasteiger partial charge in [0.25, 0.3) is 0 Å². The molecule has 2 nitrogen and oxygen atoms in total. The van der Waals surface area contributed by atoms with E-state index in [1.807, 2.05) is 12.1 Å². The van der Waals surface area contributed by atoms with Gasteiger partial charge in [-0.3, -0.25) is 0 Å². The highest BCUT2D eigenvalue weighted by Crippen LogP contribution is 2.30. The lowest BCUT2D eigenvalue weighted by molar-refractivity contribution is 0.402. The Morgan fingerprint density at radius 3 is 2.37 bits per heavy atom. The Morgan fingerprint density at radius 1 is 1.00 bits per heavy atom. The van der Waals surface area contributed by atoms with E-state index in [9.17, 15) is 0 Å². The molecule has 2 aromatic rings. The Balaban J connectivity index is 2.06. The topological polar surface area (TPSA) is 12.5 Å². The van der Waals surface area contributed by atoms with E-state index in [-0.39, 0.29) is 0 Å². The van der Waals surface area contributed by atoms with Crippen LogP contribution in [0.1, 0.15) is 5.56 Å². The predicted molar refractivity (Wildman–Crippen MR) is 81.0 cm³/mol. The van der Waals surface area contributed by atoms with E-state index in [1.54, 1.807) is 18.9 Å². The van der Waals surface area contributed by atoms with E-state index in [0.29, 0.717) is 0 Å². The highest BCUT2D eigenvalue weighted by Gasteiger charge is 2.00. The third kappa shape index (κ3) is 4.30. The van der Waals surface area contributed by atoms with E-state index in [2.05, 4.69) is 55.4 Å². The largest absolute Gasteiger partial charge is 0.497 e. The van der Waals surface area contributed by atoms with E-state index >= 15 is 0 Å². The van der Waals surface area contributed by atoms with Gasteiger partial charge in [0.2, 0.25) is 0 Å². The molecule has 2 rings (SSSR count). The summed E-state index contributed by atoms with van der Waals surface area (Å²) >= 11 is 1.75. The molecule has 0 fully saturated rings. The second-order valence-electron chi connectivity index (χ2n) is 4.66. The monoisotopic (exact) mass is 273 g/mol. The molecule has 0 aliphatic carbocycles. The molecule has 3 heteroatoms. The van der Waals surface area contributed by atoms with Gasteiger partial charge in [0, 0.05) is 16.3 Å². The first-order chi connectivity index (χ1) is 9.17. The summed E-state index contributed by atoms with van der Waals surface area (Å²) in [7, 11) is 5.86. The van der Waals surface area contributed by atoms with Crippen LogP contribution >= 0.6 is 11.8 Å². The molecule has 2 aromatic carbocycles. The van der Waals surface area contributed by atoms with Crippen LogP contribution in [-0.2, 0) is 6.54 Å². The van der Waals surface area contributed by atoms with E-state index in [0.717, 1.165) is 12.3 Å². The zero-order chi connectivity index (χ0) is 13.7. The molecule has 100 valence electrons. The van der Waals surface area contributed by atoms with Crippen LogP contribution in [0.2, 0.25) is 0 Å². The first-order valence-electron chi connectivity index (χ1n) is 6.23. The van der Waals surface area contributed by atoms with Crippen molar-refractivity contribution in [1.29, 1.82) is 0 Å². The van der Waals surface area contributed by atoms with Crippen LogP contribution < -0.4 is 4.74 Å². The molecule has 0 spiro atoms. The zero-order valence-corrected chi connectivity index (χ0v) is 12.4. The fourth-order valence-corrected chi connectivity index (χ4v) is 2.69. The average molecular weight is 273 g/mol. The van der Waals surface area contributed by atoms with Gasteiger partial charge in [0.15, 0.2) is 0 Å². The quantitative estimate of drug-likeness (QED) is 0.819. The number of hydrogen-bond acceptors (Lipinski definition) is 3. The van der Waals surface area contributed by atoms with E-state index < -0.39 is 0 Å². The minimum Gasteiger partial charge on any atom is -0.497 e. The number of hydrogen-bond donors (Lipinski definition) is 0. The van der Waals surface area contributed by atoms with Gasteiger partial charge in [0.1, 0.15) is 5.75 Å². The Morgan fingerprint density at radius 2 is 1.74 bits per heavy atom. The van der Waals surface area contributed by atoms with Gasteiger partial charge in [-0.25, -0.2) is 0 Å². The number of rotatable bonds is 5. The van der Waals surface area contributed by atoms with Crippen molar-refractivity contribution in [2.45, 2.75) is 16.3 Å². The van der Waals surface area contributed by atoms with Crippen LogP contribution in [0.4, 0.5) is 0 Å². The van der Waals surface area contributed by atoms with Crippen molar-refractivity contribution in [3.05, 3.63) is 54.1 Å². The van der Waals surface area contributed by atoms with Crippen molar-refractivity contribution in [2.75, 3.05) is 21.2 Å². The van der Waals surface area contributed by atoms with Gasteiger partial charge < -0.3 is 9.64 Å². The molecule has 0 N–H and O–H groups in total. The summed E-state index contributed by atoms with van der Waals surface area (Å²) in [6, 6.07) is 16.8.